The highest BCUT2D eigenvalue weighted by molar-refractivity contribution is 6.74. The molecule has 10 nitrogen and oxygen atoms in total. The van der Waals surface area contributed by atoms with Crippen LogP contribution in [-0.4, -0.2) is 56.2 Å². The first kappa shape index (κ1) is 30.6. The van der Waals surface area contributed by atoms with E-state index in [-0.39, 0.29) is 11.1 Å². The number of hydrogen-bond donors (Lipinski definition) is 2. The zero-order valence-electron chi connectivity index (χ0n) is 27.5. The predicted molar refractivity (Wildman–Crippen MR) is 181 cm³/mol. The Balaban J connectivity index is 1.28. The van der Waals surface area contributed by atoms with Crippen molar-refractivity contribution < 1.29 is 14.0 Å². The summed E-state index contributed by atoms with van der Waals surface area (Å²) in [4.78, 5) is 26.8. The fourth-order valence-corrected chi connectivity index (χ4v) is 6.46. The van der Waals surface area contributed by atoms with Crippen LogP contribution in [0, 0.1) is 0 Å². The first-order valence-electron chi connectivity index (χ1n) is 15.5. The van der Waals surface area contributed by atoms with Gasteiger partial charge in [-0.1, -0.05) is 39.0 Å². The van der Waals surface area contributed by atoms with Crippen molar-refractivity contribution in [3.05, 3.63) is 65.5 Å². The number of aromatic amines is 1. The molecule has 236 valence electrons. The highest BCUT2D eigenvalue weighted by Crippen LogP contribution is 2.39. The third-order valence-electron chi connectivity index (χ3n) is 8.85. The summed E-state index contributed by atoms with van der Waals surface area (Å²) in [6.07, 6.45) is 1.97. The maximum Gasteiger partial charge on any atom is 0.410 e. The van der Waals surface area contributed by atoms with Crippen LogP contribution in [0.4, 0.5) is 10.6 Å². The first-order valence-corrected chi connectivity index (χ1v) is 18.4. The standard InChI is InChI=1S/C34H43N7O3Si/c1-33(2,3)43-32(42)40-14-13-22-15-21(9-10-23(22)19-40)18-41-31-28(30(35)36-20-37-31)29(39-41)27-17-24-16-25(11-12-26(24)38-27)44-45(7,8)34(4,5)6/h9-12,15-17,20,38H,13-14,18-19H2,1-8H3,(H2,35,36,37). The van der Waals surface area contributed by atoms with Crippen molar-refractivity contribution in [2.75, 3.05) is 12.3 Å². The molecule has 11 heteroatoms. The summed E-state index contributed by atoms with van der Waals surface area (Å²) in [5.74, 6) is 1.26. The molecule has 0 radical (unpaired) electrons. The van der Waals surface area contributed by atoms with E-state index in [2.05, 4.69) is 85.2 Å². The van der Waals surface area contributed by atoms with Crippen molar-refractivity contribution in [2.24, 2.45) is 0 Å². The Morgan fingerprint density at radius 2 is 1.80 bits per heavy atom. The fraction of sp³-hybridized carbons (Fsp3) is 0.412. The van der Waals surface area contributed by atoms with Gasteiger partial charge in [0.05, 0.1) is 17.6 Å². The monoisotopic (exact) mass is 625 g/mol. The van der Waals surface area contributed by atoms with Crippen LogP contribution in [0.25, 0.3) is 33.3 Å². The number of carbonyl (C=O) groups excluding carboxylic acids is 1. The molecule has 0 unspecified atom stereocenters. The molecule has 3 N–H and O–H groups in total. The number of rotatable bonds is 5. The number of nitrogens with two attached hydrogens (primary N) is 1. The van der Waals surface area contributed by atoms with E-state index >= 15 is 0 Å². The number of nitrogens with zero attached hydrogens (tertiary/aromatic N) is 5. The van der Waals surface area contributed by atoms with Crippen molar-refractivity contribution in [1.82, 2.24) is 29.6 Å². The highest BCUT2D eigenvalue weighted by atomic mass is 28.4. The lowest BCUT2D eigenvalue weighted by Crippen LogP contribution is -2.43. The third kappa shape index (κ3) is 6.13. The maximum absolute atomic E-state index is 12.6. The largest absolute Gasteiger partial charge is 0.543 e. The fourth-order valence-electron chi connectivity index (χ4n) is 5.44. The molecule has 2 aromatic carbocycles. The number of nitrogen functional groups attached to an aromatic ring is 1. The van der Waals surface area contributed by atoms with Gasteiger partial charge in [0.15, 0.2) is 5.65 Å². The van der Waals surface area contributed by atoms with E-state index in [4.69, 9.17) is 20.0 Å². The van der Waals surface area contributed by atoms with Gasteiger partial charge in [0, 0.05) is 24.0 Å². The van der Waals surface area contributed by atoms with Crippen LogP contribution in [0.1, 0.15) is 58.2 Å². The highest BCUT2D eigenvalue weighted by Gasteiger charge is 2.39. The Labute approximate surface area is 265 Å². The van der Waals surface area contributed by atoms with Crippen molar-refractivity contribution in [3.63, 3.8) is 0 Å². The topological polar surface area (TPSA) is 124 Å². The number of aromatic nitrogens is 5. The van der Waals surface area contributed by atoms with Crippen LogP contribution < -0.4 is 10.2 Å². The van der Waals surface area contributed by atoms with Crippen molar-refractivity contribution >= 4 is 42.2 Å². The van der Waals surface area contributed by atoms with Crippen molar-refractivity contribution in [1.29, 1.82) is 0 Å². The Bertz CT molecular complexity index is 1910. The summed E-state index contributed by atoms with van der Waals surface area (Å²) in [5.41, 5.74) is 12.6. The summed E-state index contributed by atoms with van der Waals surface area (Å²) < 4.78 is 14.0. The van der Waals surface area contributed by atoms with Gasteiger partial charge in [-0.25, -0.2) is 19.4 Å². The van der Waals surface area contributed by atoms with Crippen molar-refractivity contribution in [2.45, 2.75) is 84.8 Å². The molecule has 0 spiro atoms. The quantitative estimate of drug-likeness (QED) is 0.197. The normalized spacial score (nSPS) is 14.2. The van der Waals surface area contributed by atoms with Gasteiger partial charge in [0.25, 0.3) is 0 Å². The molecule has 0 saturated carbocycles. The molecule has 1 amide bonds. The molecule has 5 aromatic rings. The molecule has 1 aliphatic rings. The molecule has 4 heterocycles. The van der Waals surface area contributed by atoms with E-state index in [1.54, 1.807) is 4.90 Å². The Hall–Kier alpha value is -4.38. The lowest BCUT2D eigenvalue weighted by Gasteiger charge is -2.36. The molecule has 1 aliphatic heterocycles. The van der Waals surface area contributed by atoms with Gasteiger partial charge in [0.2, 0.25) is 8.32 Å². The number of hydrogen-bond acceptors (Lipinski definition) is 7. The predicted octanol–water partition coefficient (Wildman–Crippen LogP) is 7.28. The van der Waals surface area contributed by atoms with Crippen LogP contribution in [-0.2, 0) is 24.2 Å². The number of benzene rings is 2. The number of ether oxygens (including phenoxy) is 1. The SMILES string of the molecule is CC(C)(C)OC(=O)N1CCc2cc(Cn3nc(-c4cc5cc(O[Si](C)(C)C(C)(C)C)ccc5[nH]4)c4c(N)ncnc43)ccc2C1. The van der Waals surface area contributed by atoms with Crippen LogP contribution >= 0.6 is 0 Å². The number of H-pyrrole nitrogens is 1. The van der Waals surface area contributed by atoms with E-state index in [1.807, 2.05) is 31.5 Å². The van der Waals surface area contributed by atoms with Crippen molar-refractivity contribution in [3.8, 4) is 17.1 Å². The minimum absolute atomic E-state index is 0.104. The van der Waals surface area contributed by atoms with E-state index in [9.17, 15) is 4.79 Å². The minimum atomic E-state index is -1.98. The molecule has 45 heavy (non-hydrogen) atoms. The van der Waals surface area contributed by atoms with Crippen LogP contribution in [0.15, 0.2) is 48.8 Å². The molecule has 0 fully saturated rings. The second kappa shape index (κ2) is 10.9. The Morgan fingerprint density at radius 3 is 2.53 bits per heavy atom. The number of nitrogens with one attached hydrogen (secondary N) is 1. The second-order valence-corrected chi connectivity index (χ2v) is 19.2. The number of amides is 1. The summed E-state index contributed by atoms with van der Waals surface area (Å²) in [7, 11) is -1.98. The maximum atomic E-state index is 12.6. The first-order chi connectivity index (χ1) is 21.1. The minimum Gasteiger partial charge on any atom is -0.543 e. The molecule has 0 bridgehead atoms. The average Bonchev–Trinajstić information content (AvgIpc) is 3.53. The molecular formula is C34H43N7O3Si. The molecule has 0 atom stereocenters. The zero-order chi connectivity index (χ0) is 32.3. The van der Waals surface area contributed by atoms with E-state index < -0.39 is 13.9 Å². The van der Waals surface area contributed by atoms with Crippen LogP contribution in [0.5, 0.6) is 5.75 Å². The molecule has 0 aliphatic carbocycles. The lowest BCUT2D eigenvalue weighted by molar-refractivity contribution is 0.0224. The van der Waals surface area contributed by atoms with Gasteiger partial charge in [-0.2, -0.15) is 5.10 Å². The molecule has 3 aromatic heterocycles. The molecule has 0 saturated heterocycles. The summed E-state index contributed by atoms with van der Waals surface area (Å²) >= 11 is 0. The lowest BCUT2D eigenvalue weighted by atomic mass is 9.97. The van der Waals surface area contributed by atoms with E-state index in [0.29, 0.717) is 42.2 Å². The molecular weight excluding hydrogens is 583 g/mol. The van der Waals surface area contributed by atoms with Gasteiger partial charge in [0.1, 0.15) is 29.2 Å². The van der Waals surface area contributed by atoms with Crippen LogP contribution in [0.3, 0.4) is 0 Å². The van der Waals surface area contributed by atoms with E-state index in [1.165, 1.54) is 11.9 Å². The summed E-state index contributed by atoms with van der Waals surface area (Å²) in [6.45, 7) is 18.6. The van der Waals surface area contributed by atoms with Gasteiger partial charge in [-0.15, -0.1) is 0 Å². The third-order valence-corrected chi connectivity index (χ3v) is 13.2. The van der Waals surface area contributed by atoms with E-state index in [0.717, 1.165) is 39.9 Å². The van der Waals surface area contributed by atoms with Gasteiger partial charge in [-0.05, 0) is 86.3 Å². The molecule has 6 rings (SSSR count). The zero-order valence-corrected chi connectivity index (χ0v) is 28.5. The summed E-state index contributed by atoms with van der Waals surface area (Å²) in [5, 5.41) is 6.87. The Kier molecular flexibility index (Phi) is 7.42. The number of anilines is 1. The van der Waals surface area contributed by atoms with Gasteiger partial charge >= 0.3 is 6.09 Å². The Morgan fingerprint density at radius 1 is 1.02 bits per heavy atom. The average molecular weight is 626 g/mol. The van der Waals surface area contributed by atoms with Crippen LogP contribution in [0.2, 0.25) is 18.1 Å². The second-order valence-electron chi connectivity index (χ2n) is 14.5. The van der Waals surface area contributed by atoms with Gasteiger partial charge < -0.3 is 24.8 Å². The van der Waals surface area contributed by atoms with Gasteiger partial charge in [-0.3, -0.25) is 0 Å². The summed E-state index contributed by atoms with van der Waals surface area (Å²) in [6, 6.07) is 14.6. The number of fused-ring (bicyclic) bond motifs is 3. The number of carbonyl (C=O) groups is 1. The smallest absolute Gasteiger partial charge is 0.410 e.